The lowest BCUT2D eigenvalue weighted by Crippen LogP contribution is -2.20. The monoisotopic (exact) mass is 328 g/mol. The summed E-state index contributed by atoms with van der Waals surface area (Å²) in [7, 11) is 0. The number of halogens is 1. The van der Waals surface area contributed by atoms with Crippen molar-refractivity contribution in [3.63, 3.8) is 0 Å². The van der Waals surface area contributed by atoms with E-state index in [2.05, 4.69) is 43.4 Å². The number of hydrogen-bond donors (Lipinski definition) is 1. The molecule has 1 N–H and O–H groups in total. The first-order valence-corrected chi connectivity index (χ1v) is 7.89. The van der Waals surface area contributed by atoms with Gasteiger partial charge in [0.1, 0.15) is 0 Å². The van der Waals surface area contributed by atoms with E-state index >= 15 is 0 Å². The highest BCUT2D eigenvalue weighted by atomic mass is 35.5. The standard InChI is InChI=1S/C19H21ClN2O/c1-19(2,3)16-9-7-14(8-10-16)12-18(23)22-21-13-15-5-4-6-17(20)11-15/h4-11,13H,12H2,1-3H3,(H,22,23)/b21-13-. The van der Waals surface area contributed by atoms with Crippen molar-refractivity contribution in [1.82, 2.24) is 5.43 Å². The summed E-state index contributed by atoms with van der Waals surface area (Å²) in [5, 5.41) is 4.59. The smallest absolute Gasteiger partial charge is 0.244 e. The Balaban J connectivity index is 1.90. The molecule has 2 aromatic carbocycles. The van der Waals surface area contributed by atoms with Crippen molar-refractivity contribution < 1.29 is 4.79 Å². The number of hydrazone groups is 1. The Morgan fingerprint density at radius 2 is 1.87 bits per heavy atom. The summed E-state index contributed by atoms with van der Waals surface area (Å²) in [5.41, 5.74) is 5.70. The lowest BCUT2D eigenvalue weighted by molar-refractivity contribution is -0.120. The summed E-state index contributed by atoms with van der Waals surface area (Å²) in [6, 6.07) is 15.4. The average molecular weight is 329 g/mol. The lowest BCUT2D eigenvalue weighted by atomic mass is 9.86. The molecule has 0 saturated carbocycles. The minimum absolute atomic E-state index is 0.113. The van der Waals surface area contributed by atoms with Gasteiger partial charge in [-0.1, -0.05) is 68.8 Å². The molecular weight excluding hydrogens is 308 g/mol. The predicted molar refractivity (Wildman–Crippen MR) is 96.0 cm³/mol. The molecule has 120 valence electrons. The first kappa shape index (κ1) is 17.2. The van der Waals surface area contributed by atoms with Gasteiger partial charge in [-0.05, 0) is 34.2 Å². The second-order valence-corrected chi connectivity index (χ2v) is 6.91. The molecule has 0 bridgehead atoms. The first-order valence-electron chi connectivity index (χ1n) is 7.51. The van der Waals surface area contributed by atoms with Crippen molar-refractivity contribution in [3.05, 3.63) is 70.2 Å². The van der Waals surface area contributed by atoms with Gasteiger partial charge in [0.15, 0.2) is 0 Å². The maximum atomic E-state index is 11.9. The molecule has 2 rings (SSSR count). The molecule has 0 spiro atoms. The third-order valence-electron chi connectivity index (χ3n) is 3.44. The zero-order valence-corrected chi connectivity index (χ0v) is 14.4. The number of carbonyl (C=O) groups is 1. The molecule has 0 unspecified atom stereocenters. The summed E-state index contributed by atoms with van der Waals surface area (Å²) in [6.45, 7) is 6.50. The van der Waals surface area contributed by atoms with Gasteiger partial charge in [-0.15, -0.1) is 0 Å². The Morgan fingerprint density at radius 1 is 1.17 bits per heavy atom. The van der Waals surface area contributed by atoms with Gasteiger partial charge in [-0.3, -0.25) is 4.79 Å². The summed E-state index contributed by atoms with van der Waals surface area (Å²) in [4.78, 5) is 11.9. The van der Waals surface area contributed by atoms with Gasteiger partial charge in [0.05, 0.1) is 12.6 Å². The van der Waals surface area contributed by atoms with Gasteiger partial charge < -0.3 is 0 Å². The topological polar surface area (TPSA) is 41.5 Å². The molecule has 4 heteroatoms. The first-order chi connectivity index (χ1) is 10.8. The number of hydrogen-bond acceptors (Lipinski definition) is 2. The Labute approximate surface area is 142 Å². The SMILES string of the molecule is CC(C)(C)c1ccc(CC(=O)N/N=C\c2cccc(Cl)c2)cc1. The highest BCUT2D eigenvalue weighted by Crippen LogP contribution is 2.22. The average Bonchev–Trinajstić information content (AvgIpc) is 2.47. The summed E-state index contributed by atoms with van der Waals surface area (Å²) in [6.07, 6.45) is 1.88. The van der Waals surface area contributed by atoms with Crippen LogP contribution in [-0.4, -0.2) is 12.1 Å². The number of rotatable bonds is 4. The predicted octanol–water partition coefficient (Wildman–Crippen LogP) is 4.33. The van der Waals surface area contributed by atoms with E-state index < -0.39 is 0 Å². The Bertz CT molecular complexity index is 700. The van der Waals surface area contributed by atoms with E-state index in [1.54, 1.807) is 18.3 Å². The highest BCUT2D eigenvalue weighted by Gasteiger charge is 2.13. The van der Waals surface area contributed by atoms with Gasteiger partial charge in [-0.25, -0.2) is 5.43 Å². The lowest BCUT2D eigenvalue weighted by Gasteiger charge is -2.19. The van der Waals surface area contributed by atoms with Gasteiger partial charge >= 0.3 is 0 Å². The molecule has 1 amide bonds. The van der Waals surface area contributed by atoms with Crippen LogP contribution in [0.2, 0.25) is 5.02 Å². The second-order valence-electron chi connectivity index (χ2n) is 6.47. The van der Waals surface area contributed by atoms with Gasteiger partial charge in [0.2, 0.25) is 5.91 Å². The molecule has 0 aliphatic heterocycles. The van der Waals surface area contributed by atoms with Crippen molar-refractivity contribution in [2.24, 2.45) is 5.10 Å². The van der Waals surface area contributed by atoms with Crippen LogP contribution in [0.1, 0.15) is 37.5 Å². The third kappa shape index (κ3) is 5.53. The molecule has 0 aliphatic rings. The fourth-order valence-corrected chi connectivity index (χ4v) is 2.31. The second kappa shape index (κ2) is 7.42. The molecule has 0 aromatic heterocycles. The number of nitrogens with zero attached hydrogens (tertiary/aromatic N) is 1. The molecule has 2 aromatic rings. The third-order valence-corrected chi connectivity index (χ3v) is 3.67. The number of amides is 1. The molecule has 0 saturated heterocycles. The molecular formula is C19H21ClN2O. The van der Waals surface area contributed by atoms with E-state index in [0.717, 1.165) is 11.1 Å². The molecule has 0 fully saturated rings. The summed E-state index contributed by atoms with van der Waals surface area (Å²) in [5.74, 6) is -0.146. The van der Waals surface area contributed by atoms with Crippen LogP contribution in [0, 0.1) is 0 Å². The Kier molecular flexibility index (Phi) is 5.56. The largest absolute Gasteiger partial charge is 0.273 e. The Hall–Kier alpha value is -2.13. The fraction of sp³-hybridized carbons (Fsp3) is 0.263. The number of benzene rings is 2. The van der Waals surface area contributed by atoms with Crippen LogP contribution in [0.5, 0.6) is 0 Å². The van der Waals surface area contributed by atoms with Crippen molar-refractivity contribution in [2.75, 3.05) is 0 Å². The number of nitrogens with one attached hydrogen (secondary N) is 1. The molecule has 3 nitrogen and oxygen atoms in total. The van der Waals surface area contributed by atoms with E-state index in [1.807, 2.05) is 24.3 Å². The van der Waals surface area contributed by atoms with E-state index in [9.17, 15) is 4.79 Å². The quantitative estimate of drug-likeness (QED) is 0.658. The zero-order valence-electron chi connectivity index (χ0n) is 13.6. The van der Waals surface area contributed by atoms with Crippen molar-refractivity contribution in [1.29, 1.82) is 0 Å². The van der Waals surface area contributed by atoms with E-state index in [4.69, 9.17) is 11.6 Å². The minimum atomic E-state index is -0.146. The number of carbonyl (C=O) groups excluding carboxylic acids is 1. The fourth-order valence-electron chi connectivity index (χ4n) is 2.11. The van der Waals surface area contributed by atoms with Crippen LogP contribution in [-0.2, 0) is 16.6 Å². The Morgan fingerprint density at radius 3 is 2.48 bits per heavy atom. The van der Waals surface area contributed by atoms with E-state index in [-0.39, 0.29) is 11.3 Å². The summed E-state index contributed by atoms with van der Waals surface area (Å²) >= 11 is 5.89. The maximum absolute atomic E-state index is 11.9. The van der Waals surface area contributed by atoms with Crippen LogP contribution in [0.3, 0.4) is 0 Å². The molecule has 23 heavy (non-hydrogen) atoms. The maximum Gasteiger partial charge on any atom is 0.244 e. The van der Waals surface area contributed by atoms with E-state index in [0.29, 0.717) is 11.4 Å². The van der Waals surface area contributed by atoms with Crippen LogP contribution < -0.4 is 5.43 Å². The van der Waals surface area contributed by atoms with E-state index in [1.165, 1.54) is 5.56 Å². The molecule has 0 atom stereocenters. The minimum Gasteiger partial charge on any atom is -0.273 e. The van der Waals surface area contributed by atoms with Crippen molar-refractivity contribution in [2.45, 2.75) is 32.6 Å². The van der Waals surface area contributed by atoms with Gasteiger partial charge in [0.25, 0.3) is 0 Å². The highest BCUT2D eigenvalue weighted by molar-refractivity contribution is 6.30. The van der Waals surface area contributed by atoms with Crippen LogP contribution in [0.4, 0.5) is 0 Å². The molecule has 0 aliphatic carbocycles. The van der Waals surface area contributed by atoms with Crippen LogP contribution >= 0.6 is 11.6 Å². The summed E-state index contributed by atoms with van der Waals surface area (Å²) < 4.78 is 0. The molecule has 0 heterocycles. The molecule has 0 radical (unpaired) electrons. The van der Waals surface area contributed by atoms with Gasteiger partial charge in [0, 0.05) is 5.02 Å². The van der Waals surface area contributed by atoms with Crippen molar-refractivity contribution in [3.8, 4) is 0 Å². The van der Waals surface area contributed by atoms with Gasteiger partial charge in [-0.2, -0.15) is 5.10 Å². The zero-order chi connectivity index (χ0) is 16.9. The van der Waals surface area contributed by atoms with Crippen LogP contribution in [0.15, 0.2) is 53.6 Å². The van der Waals surface area contributed by atoms with Crippen LogP contribution in [0.25, 0.3) is 0 Å². The normalized spacial score (nSPS) is 11.7. The van der Waals surface area contributed by atoms with Crippen molar-refractivity contribution >= 4 is 23.7 Å².